The average molecular weight is 463 g/mol. The Morgan fingerprint density at radius 1 is 0.765 bits per heavy atom. The lowest BCUT2D eigenvalue weighted by molar-refractivity contribution is 0.0746. The highest BCUT2D eigenvalue weighted by Crippen LogP contribution is 2.26. The van der Waals surface area contributed by atoms with Crippen LogP contribution in [0, 0.1) is 0 Å². The summed E-state index contributed by atoms with van der Waals surface area (Å²) < 4.78 is 21.9. The van der Waals surface area contributed by atoms with E-state index in [0.29, 0.717) is 30.2 Å². The number of carbonyl (C=O) groups is 1. The molecule has 1 aliphatic rings. The molecule has 0 spiro atoms. The summed E-state index contributed by atoms with van der Waals surface area (Å²) in [6.07, 6.45) is 0. The Balaban J connectivity index is 1.40. The molecule has 3 aromatic carbocycles. The molecule has 1 amide bonds. The maximum atomic E-state index is 13.2. The first-order valence-corrected chi connectivity index (χ1v) is 11.2. The van der Waals surface area contributed by atoms with E-state index in [-0.39, 0.29) is 12.5 Å². The minimum Gasteiger partial charge on any atom is -0.497 e. The van der Waals surface area contributed by atoms with Crippen LogP contribution < -0.4 is 23.8 Å². The average Bonchev–Trinajstić information content (AvgIpc) is 2.91. The molecule has 1 heterocycles. The summed E-state index contributed by atoms with van der Waals surface area (Å²) in [5.41, 5.74) is 2.57. The van der Waals surface area contributed by atoms with Crippen LogP contribution in [0.15, 0.2) is 66.7 Å². The molecule has 0 aromatic heterocycles. The summed E-state index contributed by atoms with van der Waals surface area (Å²) >= 11 is 0. The minimum absolute atomic E-state index is 0.0136. The van der Waals surface area contributed by atoms with Gasteiger partial charge in [-0.1, -0.05) is 6.07 Å². The van der Waals surface area contributed by atoms with E-state index in [1.54, 1.807) is 21.3 Å². The van der Waals surface area contributed by atoms with E-state index >= 15 is 0 Å². The predicted molar refractivity (Wildman–Crippen MR) is 131 cm³/mol. The number of methoxy groups -OCH3 is 3. The molecule has 0 radical (unpaired) electrons. The number of nitrogens with zero attached hydrogens (tertiary/aromatic N) is 2. The molecule has 0 saturated carbocycles. The van der Waals surface area contributed by atoms with Gasteiger partial charge in [0.25, 0.3) is 5.91 Å². The van der Waals surface area contributed by atoms with Gasteiger partial charge in [0.15, 0.2) is 0 Å². The SMILES string of the molecule is COc1ccc(N2CCN(C(=O)c3ccc(OC)c(COc4cccc(OC)c4)c3)CC2)cc1. The number of ether oxygens (including phenoxy) is 4. The number of carbonyl (C=O) groups excluding carboxylic acids is 1. The highest BCUT2D eigenvalue weighted by atomic mass is 16.5. The molecule has 3 aromatic rings. The van der Waals surface area contributed by atoms with Crippen molar-refractivity contribution in [1.82, 2.24) is 4.90 Å². The number of piperazine rings is 1. The lowest BCUT2D eigenvalue weighted by Gasteiger charge is -2.36. The third kappa shape index (κ3) is 5.36. The Bertz CT molecular complexity index is 1110. The fourth-order valence-electron chi connectivity index (χ4n) is 4.02. The molecule has 178 valence electrons. The van der Waals surface area contributed by atoms with Gasteiger partial charge in [0, 0.05) is 49.1 Å². The second kappa shape index (κ2) is 10.8. The monoisotopic (exact) mass is 462 g/mol. The van der Waals surface area contributed by atoms with Crippen molar-refractivity contribution in [3.8, 4) is 23.0 Å². The number of amides is 1. The normalized spacial score (nSPS) is 13.4. The van der Waals surface area contributed by atoms with Gasteiger partial charge < -0.3 is 28.7 Å². The van der Waals surface area contributed by atoms with Gasteiger partial charge in [-0.05, 0) is 54.6 Å². The zero-order valence-corrected chi connectivity index (χ0v) is 19.8. The fourth-order valence-corrected chi connectivity index (χ4v) is 4.02. The Labute approximate surface area is 200 Å². The Hall–Kier alpha value is -3.87. The van der Waals surface area contributed by atoms with Crippen LogP contribution in [-0.4, -0.2) is 58.3 Å². The first kappa shape index (κ1) is 23.3. The molecule has 7 heteroatoms. The van der Waals surface area contributed by atoms with E-state index in [2.05, 4.69) is 4.90 Å². The van der Waals surface area contributed by atoms with Crippen molar-refractivity contribution < 1.29 is 23.7 Å². The standard InChI is InChI=1S/C27H30N2O5/c1-31-23-10-8-22(9-11-23)28-13-15-29(16-14-28)27(30)20-7-12-26(33-3)21(17-20)19-34-25-6-4-5-24(18-25)32-2/h4-12,17-18H,13-16,19H2,1-3H3. The van der Waals surface area contributed by atoms with E-state index in [9.17, 15) is 4.79 Å². The number of anilines is 1. The van der Waals surface area contributed by atoms with Crippen LogP contribution in [0.2, 0.25) is 0 Å². The largest absolute Gasteiger partial charge is 0.497 e. The highest BCUT2D eigenvalue weighted by Gasteiger charge is 2.23. The van der Waals surface area contributed by atoms with Gasteiger partial charge >= 0.3 is 0 Å². The van der Waals surface area contributed by atoms with Crippen molar-refractivity contribution in [3.05, 3.63) is 77.9 Å². The minimum atomic E-state index is 0.0136. The van der Waals surface area contributed by atoms with E-state index in [1.807, 2.05) is 71.6 Å². The first-order valence-electron chi connectivity index (χ1n) is 11.2. The van der Waals surface area contributed by atoms with Crippen LogP contribution in [0.3, 0.4) is 0 Å². The molecule has 0 N–H and O–H groups in total. The van der Waals surface area contributed by atoms with Crippen molar-refractivity contribution in [2.75, 3.05) is 52.4 Å². The quantitative estimate of drug-likeness (QED) is 0.499. The smallest absolute Gasteiger partial charge is 0.253 e. The number of benzene rings is 3. The number of hydrogen-bond acceptors (Lipinski definition) is 6. The molecule has 0 unspecified atom stereocenters. The maximum Gasteiger partial charge on any atom is 0.253 e. The Morgan fingerprint density at radius 3 is 2.15 bits per heavy atom. The van der Waals surface area contributed by atoms with Crippen LogP contribution in [0.5, 0.6) is 23.0 Å². The van der Waals surface area contributed by atoms with Crippen molar-refractivity contribution in [2.24, 2.45) is 0 Å². The van der Waals surface area contributed by atoms with Crippen LogP contribution >= 0.6 is 0 Å². The Kier molecular flexibility index (Phi) is 7.42. The van der Waals surface area contributed by atoms with Gasteiger partial charge in [0.2, 0.25) is 0 Å². The van der Waals surface area contributed by atoms with Gasteiger partial charge in [0.1, 0.15) is 29.6 Å². The zero-order chi connectivity index (χ0) is 23.9. The second-order valence-electron chi connectivity index (χ2n) is 7.97. The van der Waals surface area contributed by atoms with Crippen molar-refractivity contribution >= 4 is 11.6 Å². The molecular formula is C27H30N2O5. The number of rotatable bonds is 8. The summed E-state index contributed by atoms with van der Waals surface area (Å²) in [4.78, 5) is 17.4. The molecule has 4 rings (SSSR count). The molecule has 34 heavy (non-hydrogen) atoms. The van der Waals surface area contributed by atoms with E-state index in [0.717, 1.165) is 35.8 Å². The van der Waals surface area contributed by atoms with E-state index in [1.165, 1.54) is 0 Å². The zero-order valence-electron chi connectivity index (χ0n) is 19.8. The van der Waals surface area contributed by atoms with Gasteiger partial charge in [-0.25, -0.2) is 0 Å². The second-order valence-corrected chi connectivity index (χ2v) is 7.97. The van der Waals surface area contributed by atoms with Crippen molar-refractivity contribution in [1.29, 1.82) is 0 Å². The molecule has 0 atom stereocenters. The Morgan fingerprint density at radius 2 is 1.47 bits per heavy atom. The summed E-state index contributed by atoms with van der Waals surface area (Å²) in [6.45, 7) is 3.15. The molecule has 0 aliphatic carbocycles. The van der Waals surface area contributed by atoms with E-state index in [4.69, 9.17) is 18.9 Å². The maximum absolute atomic E-state index is 13.2. The summed E-state index contributed by atoms with van der Waals surface area (Å²) in [6, 6.07) is 20.9. The fraction of sp³-hybridized carbons (Fsp3) is 0.296. The summed E-state index contributed by atoms with van der Waals surface area (Å²) in [5.74, 6) is 2.95. The highest BCUT2D eigenvalue weighted by molar-refractivity contribution is 5.94. The van der Waals surface area contributed by atoms with Crippen molar-refractivity contribution in [3.63, 3.8) is 0 Å². The van der Waals surface area contributed by atoms with E-state index < -0.39 is 0 Å². The molecular weight excluding hydrogens is 432 g/mol. The third-order valence-corrected chi connectivity index (χ3v) is 5.97. The summed E-state index contributed by atoms with van der Waals surface area (Å²) in [5, 5.41) is 0. The topological polar surface area (TPSA) is 60.5 Å². The first-order chi connectivity index (χ1) is 16.6. The summed E-state index contributed by atoms with van der Waals surface area (Å²) in [7, 11) is 4.90. The van der Waals surface area contributed by atoms with Gasteiger partial charge in [-0.3, -0.25) is 4.79 Å². The van der Waals surface area contributed by atoms with Crippen LogP contribution in [-0.2, 0) is 6.61 Å². The predicted octanol–water partition coefficient (Wildman–Crippen LogP) is 4.25. The molecule has 0 bridgehead atoms. The van der Waals surface area contributed by atoms with Crippen LogP contribution in [0.1, 0.15) is 15.9 Å². The molecule has 1 fully saturated rings. The van der Waals surface area contributed by atoms with Crippen LogP contribution in [0.4, 0.5) is 5.69 Å². The van der Waals surface area contributed by atoms with Crippen molar-refractivity contribution in [2.45, 2.75) is 6.61 Å². The lowest BCUT2D eigenvalue weighted by Crippen LogP contribution is -2.48. The third-order valence-electron chi connectivity index (χ3n) is 5.97. The molecule has 1 aliphatic heterocycles. The van der Waals surface area contributed by atoms with Gasteiger partial charge in [0.05, 0.1) is 21.3 Å². The lowest BCUT2D eigenvalue weighted by atomic mass is 10.1. The van der Waals surface area contributed by atoms with Crippen LogP contribution in [0.25, 0.3) is 0 Å². The van der Waals surface area contributed by atoms with Gasteiger partial charge in [-0.15, -0.1) is 0 Å². The molecule has 7 nitrogen and oxygen atoms in total. The number of hydrogen-bond donors (Lipinski definition) is 0. The molecule has 1 saturated heterocycles. The van der Waals surface area contributed by atoms with Gasteiger partial charge in [-0.2, -0.15) is 0 Å².